The summed E-state index contributed by atoms with van der Waals surface area (Å²) in [6.45, 7) is 2.10. The molecule has 1 aromatic carbocycles. The van der Waals surface area contributed by atoms with Gasteiger partial charge in [0.25, 0.3) is 5.91 Å². The predicted octanol–water partition coefficient (Wildman–Crippen LogP) is 2.03. The lowest BCUT2D eigenvalue weighted by atomic mass is 10.3. The van der Waals surface area contributed by atoms with Crippen LogP contribution in [0.1, 0.15) is 6.92 Å². The van der Waals surface area contributed by atoms with Crippen molar-refractivity contribution in [3.63, 3.8) is 0 Å². The second-order valence-corrected chi connectivity index (χ2v) is 3.98. The summed E-state index contributed by atoms with van der Waals surface area (Å²) in [5, 5.41) is 2.57. The summed E-state index contributed by atoms with van der Waals surface area (Å²) in [6.07, 6.45) is 2.88. The van der Waals surface area contributed by atoms with Gasteiger partial charge >= 0.3 is 6.01 Å². The summed E-state index contributed by atoms with van der Waals surface area (Å²) >= 11 is 0. The SMILES string of the molecule is CCOc1ncc(NC(=O)COc2ccc(F)cc2)cn1. The van der Waals surface area contributed by atoms with Crippen LogP contribution in [0.2, 0.25) is 0 Å². The van der Waals surface area contributed by atoms with Crippen molar-refractivity contribution in [1.29, 1.82) is 0 Å². The van der Waals surface area contributed by atoms with Gasteiger partial charge in [-0.25, -0.2) is 14.4 Å². The van der Waals surface area contributed by atoms with Crippen LogP contribution in [0.25, 0.3) is 0 Å². The zero-order valence-corrected chi connectivity index (χ0v) is 11.4. The Kier molecular flexibility index (Phi) is 5.03. The van der Waals surface area contributed by atoms with Crippen molar-refractivity contribution in [2.24, 2.45) is 0 Å². The van der Waals surface area contributed by atoms with Gasteiger partial charge in [-0.05, 0) is 31.2 Å². The molecule has 0 saturated heterocycles. The molecular weight excluding hydrogens is 277 g/mol. The largest absolute Gasteiger partial charge is 0.484 e. The first-order valence-corrected chi connectivity index (χ1v) is 6.30. The molecule has 1 amide bonds. The highest BCUT2D eigenvalue weighted by Crippen LogP contribution is 2.11. The van der Waals surface area contributed by atoms with Crippen LogP contribution >= 0.6 is 0 Å². The van der Waals surface area contributed by atoms with Gasteiger partial charge < -0.3 is 14.8 Å². The molecule has 1 heterocycles. The van der Waals surface area contributed by atoms with Crippen LogP contribution in [0, 0.1) is 5.82 Å². The highest BCUT2D eigenvalue weighted by Gasteiger charge is 2.05. The zero-order chi connectivity index (χ0) is 15.1. The number of benzene rings is 1. The van der Waals surface area contributed by atoms with E-state index in [1.165, 1.54) is 36.7 Å². The molecule has 2 rings (SSSR count). The monoisotopic (exact) mass is 291 g/mol. The molecular formula is C14H14FN3O3. The zero-order valence-electron chi connectivity index (χ0n) is 11.4. The van der Waals surface area contributed by atoms with Gasteiger partial charge in [0.05, 0.1) is 24.7 Å². The minimum atomic E-state index is -0.368. The number of amides is 1. The number of rotatable bonds is 6. The maximum absolute atomic E-state index is 12.7. The molecule has 0 unspecified atom stereocenters. The third-order valence-electron chi connectivity index (χ3n) is 2.37. The molecule has 0 aliphatic rings. The van der Waals surface area contributed by atoms with Crippen molar-refractivity contribution >= 4 is 11.6 Å². The fourth-order valence-corrected chi connectivity index (χ4v) is 1.46. The molecule has 6 nitrogen and oxygen atoms in total. The molecule has 0 bridgehead atoms. The first kappa shape index (κ1) is 14.7. The van der Waals surface area contributed by atoms with E-state index >= 15 is 0 Å². The first-order valence-electron chi connectivity index (χ1n) is 6.30. The Bertz CT molecular complexity index is 587. The van der Waals surface area contributed by atoms with Crippen LogP contribution in [0.5, 0.6) is 11.8 Å². The molecule has 21 heavy (non-hydrogen) atoms. The van der Waals surface area contributed by atoms with E-state index in [2.05, 4.69) is 15.3 Å². The molecule has 110 valence electrons. The lowest BCUT2D eigenvalue weighted by molar-refractivity contribution is -0.118. The van der Waals surface area contributed by atoms with Gasteiger partial charge in [-0.1, -0.05) is 0 Å². The Hall–Kier alpha value is -2.70. The van der Waals surface area contributed by atoms with E-state index in [-0.39, 0.29) is 24.3 Å². The number of hydrogen-bond acceptors (Lipinski definition) is 5. The molecule has 0 radical (unpaired) electrons. The molecule has 7 heteroatoms. The quantitative estimate of drug-likeness (QED) is 0.881. The average molecular weight is 291 g/mol. The fraction of sp³-hybridized carbons (Fsp3) is 0.214. The minimum Gasteiger partial charge on any atom is -0.484 e. The maximum Gasteiger partial charge on any atom is 0.316 e. The number of carbonyl (C=O) groups is 1. The fourth-order valence-electron chi connectivity index (χ4n) is 1.46. The highest BCUT2D eigenvalue weighted by atomic mass is 19.1. The summed E-state index contributed by atoms with van der Waals surface area (Å²) < 4.78 is 23.0. The molecule has 1 aromatic heterocycles. The number of hydrogen-bond donors (Lipinski definition) is 1. The third kappa shape index (κ3) is 4.72. The lowest BCUT2D eigenvalue weighted by Crippen LogP contribution is -2.20. The van der Waals surface area contributed by atoms with Crippen LogP contribution in [-0.4, -0.2) is 29.1 Å². The van der Waals surface area contributed by atoms with Crippen molar-refractivity contribution in [3.8, 4) is 11.8 Å². The number of anilines is 1. The Morgan fingerprint density at radius 3 is 2.48 bits per heavy atom. The summed E-state index contributed by atoms with van der Waals surface area (Å²) in [6, 6.07) is 5.66. The summed E-state index contributed by atoms with van der Waals surface area (Å²) in [4.78, 5) is 19.5. The molecule has 0 spiro atoms. The maximum atomic E-state index is 12.7. The van der Waals surface area contributed by atoms with Crippen molar-refractivity contribution in [3.05, 3.63) is 42.5 Å². The smallest absolute Gasteiger partial charge is 0.316 e. The van der Waals surface area contributed by atoms with Crippen molar-refractivity contribution < 1.29 is 18.7 Å². The van der Waals surface area contributed by atoms with E-state index in [1.807, 2.05) is 6.92 Å². The Balaban J connectivity index is 1.82. The second kappa shape index (κ2) is 7.18. The van der Waals surface area contributed by atoms with E-state index in [0.717, 1.165) is 0 Å². The van der Waals surface area contributed by atoms with Crippen LogP contribution in [0.4, 0.5) is 10.1 Å². The van der Waals surface area contributed by atoms with Gasteiger partial charge in [-0.2, -0.15) is 0 Å². The highest BCUT2D eigenvalue weighted by molar-refractivity contribution is 5.91. The molecule has 0 fully saturated rings. The summed E-state index contributed by atoms with van der Waals surface area (Å²) in [7, 11) is 0. The van der Waals surface area contributed by atoms with Gasteiger partial charge in [0, 0.05) is 0 Å². The van der Waals surface area contributed by atoms with Crippen LogP contribution in [-0.2, 0) is 4.79 Å². The number of nitrogens with zero attached hydrogens (tertiary/aromatic N) is 2. The lowest BCUT2D eigenvalue weighted by Gasteiger charge is -2.07. The number of halogens is 1. The van der Waals surface area contributed by atoms with E-state index in [0.29, 0.717) is 18.0 Å². The normalized spacial score (nSPS) is 10.0. The number of aromatic nitrogens is 2. The van der Waals surface area contributed by atoms with Gasteiger partial charge in [-0.3, -0.25) is 4.79 Å². The minimum absolute atomic E-state index is 0.196. The summed E-state index contributed by atoms with van der Waals surface area (Å²) in [5.74, 6) is -0.320. The van der Waals surface area contributed by atoms with E-state index in [4.69, 9.17) is 9.47 Å². The molecule has 2 aromatic rings. The van der Waals surface area contributed by atoms with Crippen molar-refractivity contribution in [2.75, 3.05) is 18.5 Å². The van der Waals surface area contributed by atoms with E-state index < -0.39 is 0 Å². The number of ether oxygens (including phenoxy) is 2. The topological polar surface area (TPSA) is 73.3 Å². The number of nitrogens with one attached hydrogen (secondary N) is 1. The van der Waals surface area contributed by atoms with Crippen LogP contribution in [0.3, 0.4) is 0 Å². The van der Waals surface area contributed by atoms with Gasteiger partial charge in [0.15, 0.2) is 6.61 Å². The number of carbonyl (C=O) groups excluding carboxylic acids is 1. The second-order valence-electron chi connectivity index (χ2n) is 3.98. The van der Waals surface area contributed by atoms with Crippen molar-refractivity contribution in [2.45, 2.75) is 6.92 Å². The first-order chi connectivity index (χ1) is 10.2. The Labute approximate surface area is 120 Å². The summed E-state index contributed by atoms with van der Waals surface area (Å²) in [5.41, 5.74) is 0.436. The molecule has 0 aliphatic carbocycles. The average Bonchev–Trinajstić information content (AvgIpc) is 2.49. The Morgan fingerprint density at radius 1 is 1.19 bits per heavy atom. The van der Waals surface area contributed by atoms with Crippen LogP contribution in [0.15, 0.2) is 36.7 Å². The molecule has 0 atom stereocenters. The Morgan fingerprint density at radius 2 is 1.86 bits per heavy atom. The van der Waals surface area contributed by atoms with Crippen LogP contribution < -0.4 is 14.8 Å². The molecule has 0 saturated carbocycles. The standard InChI is InChI=1S/C14H14FN3O3/c1-2-20-14-16-7-11(8-17-14)18-13(19)9-21-12-5-3-10(15)4-6-12/h3-8H,2,9H2,1H3,(H,18,19). The van der Waals surface area contributed by atoms with E-state index in [9.17, 15) is 9.18 Å². The van der Waals surface area contributed by atoms with Gasteiger partial charge in [-0.15, -0.1) is 0 Å². The molecule has 1 N–H and O–H groups in total. The van der Waals surface area contributed by atoms with Crippen molar-refractivity contribution in [1.82, 2.24) is 9.97 Å². The van der Waals surface area contributed by atoms with E-state index in [1.54, 1.807) is 0 Å². The molecule has 0 aliphatic heterocycles. The van der Waals surface area contributed by atoms with Gasteiger partial charge in [0.2, 0.25) is 0 Å². The van der Waals surface area contributed by atoms with Gasteiger partial charge in [0.1, 0.15) is 11.6 Å². The predicted molar refractivity (Wildman–Crippen MR) is 73.7 cm³/mol. The third-order valence-corrected chi connectivity index (χ3v) is 2.37.